The summed E-state index contributed by atoms with van der Waals surface area (Å²) in [5, 5.41) is 17.8. The van der Waals surface area contributed by atoms with Gasteiger partial charge in [0.05, 0.1) is 5.56 Å². The minimum atomic E-state index is -10.0. The van der Waals surface area contributed by atoms with Gasteiger partial charge in [-0.05, 0) is 32.1 Å². The highest BCUT2D eigenvalue weighted by atomic mass is 32.5. The van der Waals surface area contributed by atoms with Gasteiger partial charge in [0.2, 0.25) is 0 Å². The lowest BCUT2D eigenvalue weighted by atomic mass is 10.1. The van der Waals surface area contributed by atoms with E-state index in [-0.39, 0.29) is 17.9 Å². The topological polar surface area (TPSA) is 56.8 Å². The van der Waals surface area contributed by atoms with Crippen LogP contribution in [0.5, 0.6) is 5.75 Å². The van der Waals surface area contributed by atoms with Crippen molar-refractivity contribution in [1.82, 2.24) is 0 Å². The van der Waals surface area contributed by atoms with Crippen LogP contribution in [-0.2, 0) is 0 Å². The van der Waals surface area contributed by atoms with Crippen molar-refractivity contribution in [2.45, 2.75) is 18.7 Å². The van der Waals surface area contributed by atoms with E-state index >= 15 is 0 Å². The van der Waals surface area contributed by atoms with Crippen LogP contribution < -0.4 is 4.74 Å². The van der Waals surface area contributed by atoms with Crippen molar-refractivity contribution in [1.29, 1.82) is 10.5 Å². The SMILES string of the molecule is C/C=C\C(=C/C)Oc1cc(S(F)(F)(F)(F)F)cc(C#N)c1C#N. The molecule has 0 fully saturated rings. The number of ether oxygens (including phenoxy) is 1. The molecule has 0 aromatic heterocycles. The summed E-state index contributed by atoms with van der Waals surface area (Å²) in [6.07, 6.45) is 4.22. The standard InChI is InChI=1S/C14H11F5N2OS/c1-3-5-11(4-2)22-14-7-12(23(15,16,17,18)19)6-10(8-20)13(14)9-21/h3-7H,1-2H3/b5-3-,11-4+. The summed E-state index contributed by atoms with van der Waals surface area (Å²) in [5.41, 5.74) is -1.40. The molecule has 0 saturated heterocycles. The monoisotopic (exact) mass is 350 g/mol. The lowest BCUT2D eigenvalue weighted by Crippen LogP contribution is -2.08. The number of halogens is 5. The molecule has 0 aliphatic carbocycles. The summed E-state index contributed by atoms with van der Waals surface area (Å²) in [6, 6.07) is 2.79. The van der Waals surface area contributed by atoms with Gasteiger partial charge in [-0.1, -0.05) is 25.5 Å². The molecule has 0 aliphatic heterocycles. The number of hydrogen-bond donors (Lipinski definition) is 0. The van der Waals surface area contributed by atoms with Crippen molar-refractivity contribution in [3.63, 3.8) is 0 Å². The van der Waals surface area contributed by atoms with E-state index in [2.05, 4.69) is 0 Å². The molecule has 0 saturated carbocycles. The second kappa shape index (κ2) is 5.28. The fraction of sp³-hybridized carbons (Fsp3) is 0.143. The van der Waals surface area contributed by atoms with Gasteiger partial charge in [-0.2, -0.15) is 10.5 Å². The Hall–Kier alpha value is -2.52. The van der Waals surface area contributed by atoms with Gasteiger partial charge in [0.25, 0.3) is 0 Å². The molecular weight excluding hydrogens is 339 g/mol. The minimum absolute atomic E-state index is 0.0344. The lowest BCUT2D eigenvalue weighted by Gasteiger charge is -2.40. The van der Waals surface area contributed by atoms with Crippen molar-refractivity contribution in [3.05, 3.63) is 47.2 Å². The molecule has 124 valence electrons. The molecule has 1 rings (SSSR count). The second-order valence-electron chi connectivity index (χ2n) is 4.33. The molecular formula is C14H11F5N2OS. The summed E-state index contributed by atoms with van der Waals surface area (Å²) in [7, 11) is -10.0. The Morgan fingerprint density at radius 3 is 2.09 bits per heavy atom. The van der Waals surface area contributed by atoms with Gasteiger partial charge in [-0.3, -0.25) is 0 Å². The first kappa shape index (κ1) is 18.5. The van der Waals surface area contributed by atoms with Gasteiger partial charge in [0, 0.05) is 6.07 Å². The second-order valence-corrected chi connectivity index (χ2v) is 6.74. The van der Waals surface area contributed by atoms with Crippen LogP contribution in [0.25, 0.3) is 0 Å². The molecule has 3 nitrogen and oxygen atoms in total. The van der Waals surface area contributed by atoms with E-state index in [0.29, 0.717) is 0 Å². The summed E-state index contributed by atoms with van der Waals surface area (Å²) >= 11 is 0. The van der Waals surface area contributed by atoms with E-state index in [1.165, 1.54) is 37.3 Å². The van der Waals surface area contributed by atoms with Gasteiger partial charge in [0.1, 0.15) is 34.1 Å². The van der Waals surface area contributed by atoms with E-state index < -0.39 is 32.0 Å². The zero-order valence-electron chi connectivity index (χ0n) is 12.0. The predicted octanol–water partition coefficient (Wildman–Crippen LogP) is 5.95. The van der Waals surface area contributed by atoms with E-state index in [1.807, 2.05) is 0 Å². The van der Waals surface area contributed by atoms with Gasteiger partial charge in [-0.15, -0.1) is 0 Å². The van der Waals surface area contributed by atoms with Gasteiger partial charge < -0.3 is 4.74 Å². The molecule has 0 radical (unpaired) electrons. The van der Waals surface area contributed by atoms with Crippen molar-refractivity contribution < 1.29 is 24.2 Å². The van der Waals surface area contributed by atoms with Crippen LogP contribution >= 0.6 is 10.2 Å². The molecule has 0 unspecified atom stereocenters. The van der Waals surface area contributed by atoms with Crippen LogP contribution in [0.4, 0.5) is 19.4 Å². The number of nitriles is 2. The van der Waals surface area contributed by atoms with E-state index in [1.54, 1.807) is 6.92 Å². The first-order valence-electron chi connectivity index (χ1n) is 6.05. The van der Waals surface area contributed by atoms with Crippen molar-refractivity contribution in [3.8, 4) is 17.9 Å². The van der Waals surface area contributed by atoms with Gasteiger partial charge in [0.15, 0.2) is 0 Å². The van der Waals surface area contributed by atoms with Crippen LogP contribution in [0.3, 0.4) is 0 Å². The van der Waals surface area contributed by atoms with E-state index in [0.717, 1.165) is 0 Å². The third kappa shape index (κ3) is 4.47. The Labute approximate surface area is 129 Å². The summed E-state index contributed by atoms with van der Waals surface area (Å²) < 4.78 is 69.9. The average molecular weight is 350 g/mol. The van der Waals surface area contributed by atoms with Crippen molar-refractivity contribution >= 4 is 10.2 Å². The summed E-state index contributed by atoms with van der Waals surface area (Å²) in [6.45, 7) is 3.10. The first-order valence-corrected chi connectivity index (χ1v) is 8.00. The predicted molar refractivity (Wildman–Crippen MR) is 76.5 cm³/mol. The molecule has 1 aromatic carbocycles. The van der Waals surface area contributed by atoms with Crippen molar-refractivity contribution in [2.24, 2.45) is 0 Å². The van der Waals surface area contributed by atoms with Crippen LogP contribution in [0, 0.1) is 22.7 Å². The van der Waals surface area contributed by atoms with Crippen LogP contribution in [0.15, 0.2) is 41.0 Å². The number of benzene rings is 1. The van der Waals surface area contributed by atoms with E-state index in [4.69, 9.17) is 15.3 Å². The Morgan fingerprint density at radius 2 is 1.70 bits per heavy atom. The van der Waals surface area contributed by atoms with Crippen LogP contribution in [0.2, 0.25) is 0 Å². The molecule has 1 aromatic rings. The zero-order chi connectivity index (χ0) is 18.0. The highest BCUT2D eigenvalue weighted by Crippen LogP contribution is 3.02. The number of allylic oxidation sites excluding steroid dienone is 3. The molecule has 0 spiro atoms. The van der Waals surface area contributed by atoms with E-state index in [9.17, 15) is 19.4 Å². The minimum Gasteiger partial charge on any atom is -0.456 e. The first-order chi connectivity index (χ1) is 10.4. The smallest absolute Gasteiger partial charge is 0.310 e. The summed E-state index contributed by atoms with van der Waals surface area (Å²) in [5.74, 6) is -0.729. The highest BCUT2D eigenvalue weighted by molar-refractivity contribution is 8.45. The maximum Gasteiger partial charge on any atom is 0.310 e. The Kier molecular flexibility index (Phi) is 4.26. The van der Waals surface area contributed by atoms with Crippen LogP contribution in [0.1, 0.15) is 25.0 Å². The molecule has 0 amide bonds. The molecule has 0 N–H and O–H groups in total. The maximum absolute atomic E-state index is 13.0. The Morgan fingerprint density at radius 1 is 1.09 bits per heavy atom. The number of nitrogens with zero attached hydrogens (tertiary/aromatic N) is 2. The fourth-order valence-electron chi connectivity index (χ4n) is 1.58. The third-order valence-electron chi connectivity index (χ3n) is 2.60. The molecule has 0 bridgehead atoms. The van der Waals surface area contributed by atoms with Gasteiger partial charge >= 0.3 is 10.2 Å². The molecule has 23 heavy (non-hydrogen) atoms. The molecule has 0 heterocycles. The van der Waals surface area contributed by atoms with Crippen molar-refractivity contribution in [2.75, 3.05) is 0 Å². The fourth-order valence-corrected chi connectivity index (χ4v) is 2.25. The molecule has 0 atom stereocenters. The Balaban J connectivity index is 3.71. The average Bonchev–Trinajstić information content (AvgIpc) is 2.43. The maximum atomic E-state index is 13.0. The zero-order valence-corrected chi connectivity index (χ0v) is 12.8. The normalized spacial score (nSPS) is 15.4. The largest absolute Gasteiger partial charge is 0.456 e. The van der Waals surface area contributed by atoms with Crippen LogP contribution in [-0.4, -0.2) is 0 Å². The molecule has 0 aliphatic rings. The number of rotatable bonds is 4. The molecule has 9 heteroatoms. The summed E-state index contributed by atoms with van der Waals surface area (Å²) in [4.78, 5) is -2.29. The lowest BCUT2D eigenvalue weighted by molar-refractivity contribution is 0.362. The third-order valence-corrected chi connectivity index (χ3v) is 3.72. The highest BCUT2D eigenvalue weighted by Gasteiger charge is 2.65. The number of hydrogen-bond acceptors (Lipinski definition) is 3. The van der Waals surface area contributed by atoms with Gasteiger partial charge in [-0.25, -0.2) is 0 Å². The Bertz CT molecular complexity index is 783. The quantitative estimate of drug-likeness (QED) is 0.383.